The molecule has 2 aromatic heterocycles. The Morgan fingerprint density at radius 2 is 1.86 bits per heavy atom. The molecule has 3 aromatic rings. The Labute approximate surface area is 165 Å². The van der Waals surface area contributed by atoms with Crippen molar-refractivity contribution in [3.63, 3.8) is 0 Å². The monoisotopic (exact) mass is 375 g/mol. The summed E-state index contributed by atoms with van der Waals surface area (Å²) in [6, 6.07) is 14.3. The number of aromatic nitrogens is 4. The van der Waals surface area contributed by atoms with Crippen molar-refractivity contribution in [1.29, 1.82) is 0 Å². The molecule has 3 heterocycles. The summed E-state index contributed by atoms with van der Waals surface area (Å²) in [7, 11) is 0. The minimum atomic E-state index is 0.0111. The predicted molar refractivity (Wildman–Crippen MR) is 107 cm³/mol. The Bertz CT molecular complexity index is 995. The summed E-state index contributed by atoms with van der Waals surface area (Å²) in [5.41, 5.74) is 3.65. The van der Waals surface area contributed by atoms with Crippen molar-refractivity contribution in [2.45, 2.75) is 46.2 Å². The van der Waals surface area contributed by atoms with Crippen LogP contribution in [-0.4, -0.2) is 37.1 Å². The highest BCUT2D eigenvalue weighted by Crippen LogP contribution is 2.24. The number of amides is 1. The fraction of sp³-hybridized carbons (Fsp3) is 0.364. The van der Waals surface area contributed by atoms with Crippen LogP contribution >= 0.6 is 0 Å². The smallest absolute Gasteiger partial charge is 0.256 e. The standard InChI is InChI=1S/C22H25N5O/c1-15-9-11-19(17(3)23-15)22(28)26-13-16(2)27-20(24-25-21(27)14-26)12-10-18-7-5-4-6-8-18/h4-9,11,16H,10,12-14H2,1-3H3/t16-/m0/s1. The number of aryl methyl sites for hydroxylation is 4. The van der Waals surface area contributed by atoms with Gasteiger partial charge in [-0.3, -0.25) is 9.78 Å². The molecule has 1 aliphatic rings. The molecule has 144 valence electrons. The number of hydrogen-bond donors (Lipinski definition) is 0. The maximum atomic E-state index is 13.0. The number of pyridine rings is 1. The molecule has 4 rings (SSSR count). The van der Waals surface area contributed by atoms with E-state index in [0.717, 1.165) is 35.9 Å². The number of hydrogen-bond acceptors (Lipinski definition) is 4. The first-order chi connectivity index (χ1) is 13.5. The molecule has 1 aromatic carbocycles. The van der Waals surface area contributed by atoms with E-state index < -0.39 is 0 Å². The van der Waals surface area contributed by atoms with E-state index in [1.165, 1.54) is 5.56 Å². The molecule has 1 atom stereocenters. The summed E-state index contributed by atoms with van der Waals surface area (Å²) in [4.78, 5) is 19.3. The molecule has 0 bridgehead atoms. The largest absolute Gasteiger partial charge is 0.329 e. The van der Waals surface area contributed by atoms with Crippen LogP contribution < -0.4 is 0 Å². The molecule has 6 heteroatoms. The van der Waals surface area contributed by atoms with Gasteiger partial charge in [0.15, 0.2) is 5.82 Å². The minimum absolute atomic E-state index is 0.0111. The first-order valence-electron chi connectivity index (χ1n) is 9.73. The molecule has 0 radical (unpaired) electrons. The van der Waals surface area contributed by atoms with Gasteiger partial charge in [0.25, 0.3) is 5.91 Å². The van der Waals surface area contributed by atoms with Gasteiger partial charge in [-0.15, -0.1) is 10.2 Å². The zero-order valence-electron chi connectivity index (χ0n) is 16.6. The molecule has 0 saturated heterocycles. The third-order valence-corrected chi connectivity index (χ3v) is 5.32. The van der Waals surface area contributed by atoms with Crippen LogP contribution in [0.25, 0.3) is 0 Å². The maximum absolute atomic E-state index is 13.0. The zero-order valence-corrected chi connectivity index (χ0v) is 16.6. The van der Waals surface area contributed by atoms with E-state index >= 15 is 0 Å². The third-order valence-electron chi connectivity index (χ3n) is 5.32. The van der Waals surface area contributed by atoms with Crippen molar-refractivity contribution < 1.29 is 4.79 Å². The van der Waals surface area contributed by atoms with Gasteiger partial charge >= 0.3 is 0 Å². The highest BCUT2D eigenvalue weighted by molar-refractivity contribution is 5.95. The normalized spacial score (nSPS) is 16.1. The van der Waals surface area contributed by atoms with Crippen molar-refractivity contribution >= 4 is 5.91 Å². The van der Waals surface area contributed by atoms with Gasteiger partial charge < -0.3 is 9.47 Å². The SMILES string of the molecule is Cc1ccc(C(=O)N2Cc3nnc(CCc4ccccc4)n3[C@@H](C)C2)c(C)n1. The van der Waals surface area contributed by atoms with Gasteiger partial charge in [-0.25, -0.2) is 0 Å². The van der Waals surface area contributed by atoms with Crippen LogP contribution in [0.2, 0.25) is 0 Å². The van der Waals surface area contributed by atoms with Gasteiger partial charge in [0.05, 0.1) is 23.8 Å². The van der Waals surface area contributed by atoms with E-state index in [1.54, 1.807) is 0 Å². The topological polar surface area (TPSA) is 63.9 Å². The maximum Gasteiger partial charge on any atom is 0.256 e. The summed E-state index contributed by atoms with van der Waals surface area (Å²) in [6.07, 6.45) is 1.78. The average Bonchev–Trinajstić information content (AvgIpc) is 3.10. The summed E-state index contributed by atoms with van der Waals surface area (Å²) in [6.45, 7) is 7.07. The van der Waals surface area contributed by atoms with E-state index in [4.69, 9.17) is 0 Å². The summed E-state index contributed by atoms with van der Waals surface area (Å²) in [5.74, 6) is 1.86. The summed E-state index contributed by atoms with van der Waals surface area (Å²) in [5, 5.41) is 8.81. The number of benzene rings is 1. The van der Waals surface area contributed by atoms with E-state index in [-0.39, 0.29) is 11.9 Å². The van der Waals surface area contributed by atoms with E-state index in [1.807, 2.05) is 36.9 Å². The molecule has 0 fully saturated rings. The van der Waals surface area contributed by atoms with E-state index in [9.17, 15) is 4.79 Å². The summed E-state index contributed by atoms with van der Waals surface area (Å²) < 4.78 is 2.20. The Kier molecular flexibility index (Phi) is 4.94. The van der Waals surface area contributed by atoms with Crippen LogP contribution in [0.3, 0.4) is 0 Å². The number of fused-ring (bicyclic) bond motifs is 1. The Hall–Kier alpha value is -3.02. The lowest BCUT2D eigenvalue weighted by molar-refractivity contribution is 0.0678. The van der Waals surface area contributed by atoms with Crippen molar-refractivity contribution in [1.82, 2.24) is 24.6 Å². The molecule has 0 unspecified atom stereocenters. The van der Waals surface area contributed by atoms with Crippen LogP contribution in [0.15, 0.2) is 42.5 Å². The predicted octanol–water partition coefficient (Wildman–Crippen LogP) is 3.29. The second-order valence-electron chi connectivity index (χ2n) is 7.51. The number of nitrogens with zero attached hydrogens (tertiary/aromatic N) is 5. The zero-order chi connectivity index (χ0) is 19.7. The van der Waals surface area contributed by atoms with E-state index in [0.29, 0.717) is 18.7 Å². The molecule has 0 saturated carbocycles. The quantitative estimate of drug-likeness (QED) is 0.702. The lowest BCUT2D eigenvalue weighted by Crippen LogP contribution is -2.41. The molecule has 0 aliphatic carbocycles. The highest BCUT2D eigenvalue weighted by atomic mass is 16.2. The van der Waals surface area contributed by atoms with Crippen molar-refractivity contribution in [3.8, 4) is 0 Å². The number of carbonyl (C=O) groups excluding carboxylic acids is 1. The molecular weight excluding hydrogens is 350 g/mol. The first kappa shape index (κ1) is 18.3. The Balaban J connectivity index is 1.51. The van der Waals surface area contributed by atoms with Gasteiger partial charge in [0.2, 0.25) is 0 Å². The fourth-order valence-corrected chi connectivity index (χ4v) is 3.92. The van der Waals surface area contributed by atoms with Gasteiger partial charge in [0.1, 0.15) is 5.82 Å². The van der Waals surface area contributed by atoms with Crippen molar-refractivity contribution in [2.24, 2.45) is 0 Å². The molecule has 1 amide bonds. The lowest BCUT2D eigenvalue weighted by Gasteiger charge is -2.33. The van der Waals surface area contributed by atoms with Crippen LogP contribution in [0.4, 0.5) is 0 Å². The molecule has 0 spiro atoms. The van der Waals surface area contributed by atoms with Gasteiger partial charge in [-0.1, -0.05) is 30.3 Å². The van der Waals surface area contributed by atoms with Gasteiger partial charge in [-0.05, 0) is 44.9 Å². The molecule has 6 nitrogen and oxygen atoms in total. The fourth-order valence-electron chi connectivity index (χ4n) is 3.92. The Morgan fingerprint density at radius 3 is 2.61 bits per heavy atom. The number of carbonyl (C=O) groups is 1. The van der Waals surface area contributed by atoms with E-state index in [2.05, 4.69) is 50.9 Å². The molecule has 1 aliphatic heterocycles. The first-order valence-corrected chi connectivity index (χ1v) is 9.73. The van der Waals surface area contributed by atoms with Gasteiger partial charge in [-0.2, -0.15) is 0 Å². The van der Waals surface area contributed by atoms with Crippen LogP contribution in [-0.2, 0) is 19.4 Å². The van der Waals surface area contributed by atoms with Crippen LogP contribution in [0.1, 0.15) is 51.9 Å². The van der Waals surface area contributed by atoms with Gasteiger partial charge in [0, 0.05) is 18.7 Å². The average molecular weight is 375 g/mol. The van der Waals surface area contributed by atoms with Crippen LogP contribution in [0, 0.1) is 13.8 Å². The molecule has 0 N–H and O–H groups in total. The molecular formula is C22H25N5O. The lowest BCUT2D eigenvalue weighted by atomic mass is 10.1. The number of rotatable bonds is 4. The highest BCUT2D eigenvalue weighted by Gasteiger charge is 2.30. The van der Waals surface area contributed by atoms with Crippen molar-refractivity contribution in [3.05, 3.63) is 76.6 Å². The summed E-state index contributed by atoms with van der Waals surface area (Å²) >= 11 is 0. The minimum Gasteiger partial charge on any atom is -0.329 e. The van der Waals surface area contributed by atoms with Crippen molar-refractivity contribution in [2.75, 3.05) is 6.54 Å². The second-order valence-corrected chi connectivity index (χ2v) is 7.51. The second kappa shape index (κ2) is 7.54. The third kappa shape index (κ3) is 3.54. The Morgan fingerprint density at radius 1 is 1.07 bits per heavy atom. The van der Waals surface area contributed by atoms with Crippen LogP contribution in [0.5, 0.6) is 0 Å². The molecule has 28 heavy (non-hydrogen) atoms.